The third-order valence-electron chi connectivity index (χ3n) is 4.24. The van der Waals surface area contributed by atoms with Crippen LogP contribution in [0.5, 0.6) is 0 Å². The number of amides is 1. The van der Waals surface area contributed by atoms with E-state index in [-0.39, 0.29) is 6.04 Å². The van der Waals surface area contributed by atoms with Crippen molar-refractivity contribution in [2.45, 2.75) is 33.2 Å². The first-order chi connectivity index (χ1) is 13.3. The average molecular weight is 452 g/mol. The van der Waals surface area contributed by atoms with E-state index in [0.29, 0.717) is 27.2 Å². The Morgan fingerprint density at radius 2 is 2.04 bits per heavy atom. The van der Waals surface area contributed by atoms with Crippen molar-refractivity contribution < 1.29 is 13.6 Å². The molecule has 0 spiro atoms. The van der Waals surface area contributed by atoms with E-state index < -0.39 is 18.9 Å². The third kappa shape index (κ3) is 4.30. The summed E-state index contributed by atoms with van der Waals surface area (Å²) in [5, 5.41) is 5.46. The topological polar surface area (TPSA) is 71.8 Å². The molecule has 1 amide bonds. The highest BCUT2D eigenvalue weighted by molar-refractivity contribution is 9.10. The normalized spacial score (nSPS) is 11.4. The largest absolute Gasteiger partial charge is 0.346 e. The van der Waals surface area contributed by atoms with Crippen molar-refractivity contribution in [3.05, 3.63) is 46.3 Å². The Hall–Kier alpha value is -2.55. The number of pyridine rings is 1. The first-order valence-electron chi connectivity index (χ1n) is 8.73. The van der Waals surface area contributed by atoms with E-state index in [1.165, 1.54) is 0 Å². The van der Waals surface area contributed by atoms with Crippen LogP contribution in [0.3, 0.4) is 0 Å². The van der Waals surface area contributed by atoms with Gasteiger partial charge in [0.2, 0.25) is 0 Å². The number of rotatable bonds is 6. The molecular weight excluding hydrogens is 432 g/mol. The van der Waals surface area contributed by atoms with Gasteiger partial charge >= 0.3 is 0 Å². The molecule has 3 rings (SSSR count). The van der Waals surface area contributed by atoms with Crippen LogP contribution < -0.4 is 10.6 Å². The molecule has 0 saturated carbocycles. The molecule has 0 atom stereocenters. The number of nitrogens with zero attached hydrogens (tertiary/aromatic N) is 3. The molecule has 0 unspecified atom stereocenters. The van der Waals surface area contributed by atoms with E-state index in [2.05, 4.69) is 36.5 Å². The maximum atomic E-state index is 12.4. The van der Waals surface area contributed by atoms with Crippen molar-refractivity contribution in [2.75, 3.05) is 11.9 Å². The Morgan fingerprint density at radius 1 is 1.29 bits per heavy atom. The maximum absolute atomic E-state index is 12.4. The summed E-state index contributed by atoms with van der Waals surface area (Å²) in [5.41, 5.74) is 3.25. The molecule has 28 heavy (non-hydrogen) atoms. The molecule has 0 aliphatic rings. The summed E-state index contributed by atoms with van der Waals surface area (Å²) in [5.74, 6) is 0.0411. The van der Waals surface area contributed by atoms with Gasteiger partial charge in [0, 0.05) is 17.3 Å². The Morgan fingerprint density at radius 3 is 2.71 bits per heavy atom. The quantitative estimate of drug-likeness (QED) is 0.526. The summed E-state index contributed by atoms with van der Waals surface area (Å²) in [4.78, 5) is 21.2. The van der Waals surface area contributed by atoms with Gasteiger partial charge < -0.3 is 15.2 Å². The summed E-state index contributed by atoms with van der Waals surface area (Å²) >= 11 is 3.39. The fourth-order valence-corrected chi connectivity index (χ4v) is 3.25. The minimum Gasteiger partial charge on any atom is -0.346 e. The minimum absolute atomic E-state index is 0.183. The maximum Gasteiger partial charge on any atom is 0.255 e. The summed E-state index contributed by atoms with van der Waals surface area (Å²) in [6.45, 7) is 5.16. The number of imidazole rings is 1. The van der Waals surface area contributed by atoms with E-state index in [4.69, 9.17) is 0 Å². The molecule has 0 aliphatic heterocycles. The Bertz CT molecular complexity index is 1020. The molecule has 0 aliphatic carbocycles. The van der Waals surface area contributed by atoms with Crippen molar-refractivity contribution in [1.82, 2.24) is 19.9 Å². The lowest BCUT2D eigenvalue weighted by Gasteiger charge is -2.14. The van der Waals surface area contributed by atoms with Crippen LogP contribution in [0.4, 0.5) is 20.3 Å². The number of carbonyl (C=O) groups is 1. The van der Waals surface area contributed by atoms with Crippen molar-refractivity contribution in [3.63, 3.8) is 0 Å². The monoisotopic (exact) mass is 451 g/mol. The number of fused-ring (bicyclic) bond motifs is 1. The van der Waals surface area contributed by atoms with Crippen molar-refractivity contribution in [3.8, 4) is 0 Å². The lowest BCUT2D eigenvalue weighted by atomic mass is 10.1. The Labute approximate surface area is 169 Å². The van der Waals surface area contributed by atoms with Gasteiger partial charge in [0.25, 0.3) is 12.3 Å². The molecular formula is C19H20BrF2N5O. The smallest absolute Gasteiger partial charge is 0.255 e. The fourth-order valence-electron chi connectivity index (χ4n) is 2.85. The van der Waals surface area contributed by atoms with E-state index in [9.17, 15) is 13.6 Å². The van der Waals surface area contributed by atoms with Crippen LogP contribution in [0.25, 0.3) is 11.0 Å². The number of hydrogen-bond donors (Lipinski definition) is 2. The molecule has 0 bridgehead atoms. The predicted molar refractivity (Wildman–Crippen MR) is 108 cm³/mol. The molecule has 2 aromatic heterocycles. The standard InChI is InChI=1S/C19H20BrF2N5O/c1-10(2)27-9-24-14-7-15(20)26-18(17(14)27)25-12-5-4-11(3)13(6-12)19(28)23-8-16(21)22/h4-7,9-10,16H,8H2,1-3H3,(H,23,28)(H,25,26). The molecule has 1 aromatic carbocycles. The summed E-state index contributed by atoms with van der Waals surface area (Å²) in [6, 6.07) is 7.21. The minimum atomic E-state index is -2.60. The molecule has 148 valence electrons. The van der Waals surface area contributed by atoms with Crippen LogP contribution in [0.15, 0.2) is 35.2 Å². The van der Waals surface area contributed by atoms with Crippen molar-refractivity contribution in [1.29, 1.82) is 0 Å². The third-order valence-corrected chi connectivity index (χ3v) is 4.65. The first kappa shape index (κ1) is 20.2. The second-order valence-corrected chi connectivity index (χ2v) is 7.48. The summed E-state index contributed by atoms with van der Waals surface area (Å²) in [7, 11) is 0. The van der Waals surface area contributed by atoms with Crippen LogP contribution in [0, 0.1) is 6.92 Å². The van der Waals surface area contributed by atoms with Gasteiger partial charge in [0.05, 0.1) is 18.4 Å². The number of carbonyl (C=O) groups excluding carboxylic acids is 1. The van der Waals surface area contributed by atoms with Gasteiger partial charge in [0.15, 0.2) is 5.82 Å². The highest BCUT2D eigenvalue weighted by Gasteiger charge is 2.16. The zero-order valence-electron chi connectivity index (χ0n) is 15.6. The zero-order chi connectivity index (χ0) is 20.4. The van der Waals surface area contributed by atoms with Crippen molar-refractivity contribution in [2.24, 2.45) is 0 Å². The molecule has 6 nitrogen and oxygen atoms in total. The van der Waals surface area contributed by atoms with Crippen LogP contribution >= 0.6 is 15.9 Å². The molecule has 2 heterocycles. The first-order valence-corrected chi connectivity index (χ1v) is 9.52. The fraction of sp³-hybridized carbons (Fsp3) is 0.316. The molecule has 0 fully saturated rings. The second-order valence-electron chi connectivity index (χ2n) is 6.66. The Balaban J connectivity index is 1.97. The Kier molecular flexibility index (Phi) is 5.93. The molecule has 3 aromatic rings. The van der Waals surface area contributed by atoms with E-state index in [1.807, 2.05) is 30.5 Å². The lowest BCUT2D eigenvalue weighted by molar-refractivity contribution is 0.0891. The van der Waals surface area contributed by atoms with Gasteiger partial charge in [-0.05, 0) is 60.5 Å². The molecule has 2 N–H and O–H groups in total. The van der Waals surface area contributed by atoms with E-state index in [1.54, 1.807) is 25.4 Å². The van der Waals surface area contributed by atoms with Gasteiger partial charge in [-0.3, -0.25) is 4.79 Å². The van der Waals surface area contributed by atoms with Gasteiger partial charge in [-0.1, -0.05) is 6.07 Å². The van der Waals surface area contributed by atoms with Gasteiger partial charge in [-0.2, -0.15) is 0 Å². The van der Waals surface area contributed by atoms with Gasteiger partial charge in [-0.25, -0.2) is 18.7 Å². The molecule has 0 radical (unpaired) electrons. The van der Waals surface area contributed by atoms with E-state index >= 15 is 0 Å². The highest BCUT2D eigenvalue weighted by atomic mass is 79.9. The zero-order valence-corrected chi connectivity index (χ0v) is 17.2. The van der Waals surface area contributed by atoms with Crippen LogP contribution in [-0.4, -0.2) is 33.4 Å². The second kappa shape index (κ2) is 8.22. The van der Waals surface area contributed by atoms with E-state index in [0.717, 1.165) is 11.0 Å². The van der Waals surface area contributed by atoms with Crippen molar-refractivity contribution >= 4 is 44.4 Å². The molecule has 0 saturated heterocycles. The van der Waals surface area contributed by atoms with Gasteiger partial charge in [-0.15, -0.1) is 0 Å². The summed E-state index contributed by atoms with van der Waals surface area (Å²) in [6.07, 6.45) is -0.839. The predicted octanol–water partition coefficient (Wildman–Crippen LogP) is 4.82. The number of benzene rings is 1. The van der Waals surface area contributed by atoms with Crippen LogP contribution in [-0.2, 0) is 0 Å². The summed E-state index contributed by atoms with van der Waals surface area (Å²) < 4.78 is 27.4. The number of aryl methyl sites for hydroxylation is 1. The number of hydrogen-bond acceptors (Lipinski definition) is 4. The van der Waals surface area contributed by atoms with Gasteiger partial charge in [0.1, 0.15) is 10.1 Å². The molecule has 9 heteroatoms. The van der Waals surface area contributed by atoms with Crippen LogP contribution in [0.2, 0.25) is 0 Å². The number of halogens is 3. The lowest BCUT2D eigenvalue weighted by Crippen LogP contribution is -2.29. The SMILES string of the molecule is Cc1ccc(Nc2nc(Br)cc3ncn(C(C)C)c23)cc1C(=O)NCC(F)F. The average Bonchev–Trinajstić information content (AvgIpc) is 3.05. The number of nitrogens with one attached hydrogen (secondary N) is 2. The number of anilines is 2. The number of aromatic nitrogens is 3. The van der Waals surface area contributed by atoms with Crippen LogP contribution in [0.1, 0.15) is 35.8 Å². The number of alkyl halides is 2. The highest BCUT2D eigenvalue weighted by Crippen LogP contribution is 2.29.